The van der Waals surface area contributed by atoms with Gasteiger partial charge < -0.3 is 14.6 Å². The Balaban J connectivity index is 1.89. The van der Waals surface area contributed by atoms with Crippen LogP contribution < -0.4 is 9.47 Å². The van der Waals surface area contributed by atoms with Crippen molar-refractivity contribution in [1.29, 1.82) is 0 Å². The molecule has 4 nitrogen and oxygen atoms in total. The molecule has 0 bridgehead atoms. The first-order valence-corrected chi connectivity index (χ1v) is 7.17. The van der Waals surface area contributed by atoms with E-state index in [0.29, 0.717) is 18.3 Å². The average molecular weight is 276 g/mol. The van der Waals surface area contributed by atoms with Crippen LogP contribution in [0.25, 0.3) is 0 Å². The van der Waals surface area contributed by atoms with E-state index in [1.807, 2.05) is 18.2 Å². The zero-order valence-electron chi connectivity index (χ0n) is 11.7. The molecule has 2 saturated carbocycles. The molecule has 2 fully saturated rings. The first kappa shape index (κ1) is 13.3. The van der Waals surface area contributed by atoms with Gasteiger partial charge in [0.2, 0.25) is 0 Å². The van der Waals surface area contributed by atoms with Crippen molar-refractivity contribution in [3.63, 3.8) is 0 Å². The molecule has 0 atom stereocenters. The molecule has 0 saturated heterocycles. The van der Waals surface area contributed by atoms with Gasteiger partial charge in [-0.2, -0.15) is 0 Å². The first-order valence-electron chi connectivity index (χ1n) is 7.17. The van der Waals surface area contributed by atoms with Gasteiger partial charge in [0.25, 0.3) is 0 Å². The van der Waals surface area contributed by atoms with E-state index in [1.54, 1.807) is 7.11 Å². The molecule has 1 aromatic carbocycles. The van der Waals surface area contributed by atoms with Gasteiger partial charge >= 0.3 is 5.97 Å². The molecule has 0 heterocycles. The van der Waals surface area contributed by atoms with Gasteiger partial charge in [-0.05, 0) is 37.7 Å². The number of carboxylic acid groups (broad SMARTS) is 1. The number of hydrogen-bond donors (Lipinski definition) is 1. The largest absolute Gasteiger partial charge is 0.493 e. The molecule has 2 aliphatic rings. The topological polar surface area (TPSA) is 55.8 Å². The molecule has 4 heteroatoms. The van der Waals surface area contributed by atoms with Gasteiger partial charge in [-0.15, -0.1) is 0 Å². The first-order chi connectivity index (χ1) is 9.64. The van der Waals surface area contributed by atoms with Crippen molar-refractivity contribution in [3.8, 4) is 11.5 Å². The maximum atomic E-state index is 11.1. The maximum absolute atomic E-state index is 11.1. The molecule has 0 aromatic heterocycles. The SMILES string of the molecule is COc1cccc(C2(CC(=O)O)CC2)c1OCC1CC1. The average Bonchev–Trinajstić information content (AvgIpc) is 3.31. The van der Waals surface area contributed by atoms with Gasteiger partial charge in [-0.3, -0.25) is 4.79 Å². The lowest BCUT2D eigenvalue weighted by Crippen LogP contribution is -2.15. The molecule has 1 N–H and O–H groups in total. The van der Waals surface area contributed by atoms with Gasteiger partial charge in [0.15, 0.2) is 11.5 Å². The summed E-state index contributed by atoms with van der Waals surface area (Å²) in [5.74, 6) is 1.36. The predicted octanol–water partition coefficient (Wildman–Crippen LogP) is 2.99. The molecular weight excluding hydrogens is 256 g/mol. The molecule has 0 aliphatic heterocycles. The zero-order valence-corrected chi connectivity index (χ0v) is 11.7. The number of hydrogen-bond acceptors (Lipinski definition) is 3. The highest BCUT2D eigenvalue weighted by Crippen LogP contribution is 2.55. The fraction of sp³-hybridized carbons (Fsp3) is 0.562. The fourth-order valence-corrected chi connectivity index (χ4v) is 2.71. The van der Waals surface area contributed by atoms with Crippen LogP contribution in [0, 0.1) is 5.92 Å². The summed E-state index contributed by atoms with van der Waals surface area (Å²) < 4.78 is 11.4. The van der Waals surface area contributed by atoms with Gasteiger partial charge in [0.1, 0.15) is 0 Å². The van der Waals surface area contributed by atoms with E-state index in [0.717, 1.165) is 24.2 Å². The summed E-state index contributed by atoms with van der Waals surface area (Å²) in [6.45, 7) is 0.705. The van der Waals surface area contributed by atoms with Crippen molar-refractivity contribution in [2.45, 2.75) is 37.5 Å². The van der Waals surface area contributed by atoms with Crippen LogP contribution in [0.2, 0.25) is 0 Å². The van der Waals surface area contributed by atoms with Crippen LogP contribution in [-0.2, 0) is 10.2 Å². The number of rotatable bonds is 7. The van der Waals surface area contributed by atoms with Gasteiger partial charge in [0, 0.05) is 11.0 Å². The van der Waals surface area contributed by atoms with Gasteiger partial charge in [-0.1, -0.05) is 12.1 Å². The smallest absolute Gasteiger partial charge is 0.304 e. The summed E-state index contributed by atoms with van der Waals surface area (Å²) >= 11 is 0. The Kier molecular flexibility index (Phi) is 3.32. The van der Waals surface area contributed by atoms with E-state index in [9.17, 15) is 4.79 Å². The van der Waals surface area contributed by atoms with Gasteiger partial charge in [-0.25, -0.2) is 0 Å². The summed E-state index contributed by atoms with van der Waals surface area (Å²) in [7, 11) is 1.62. The van der Waals surface area contributed by atoms with E-state index >= 15 is 0 Å². The summed E-state index contributed by atoms with van der Waals surface area (Å²) in [6.07, 6.45) is 4.44. The number of carbonyl (C=O) groups is 1. The molecular formula is C16H20O4. The third-order valence-corrected chi connectivity index (χ3v) is 4.27. The lowest BCUT2D eigenvalue weighted by molar-refractivity contribution is -0.137. The van der Waals surface area contributed by atoms with Crippen LogP contribution >= 0.6 is 0 Å². The number of aliphatic carboxylic acids is 1. The predicted molar refractivity (Wildman–Crippen MR) is 74.4 cm³/mol. The van der Waals surface area contributed by atoms with Crippen molar-refractivity contribution in [3.05, 3.63) is 23.8 Å². The second-order valence-corrected chi connectivity index (χ2v) is 5.94. The second-order valence-electron chi connectivity index (χ2n) is 5.94. The summed E-state index contributed by atoms with van der Waals surface area (Å²) in [5, 5.41) is 9.12. The van der Waals surface area contributed by atoms with Crippen molar-refractivity contribution >= 4 is 5.97 Å². The van der Waals surface area contributed by atoms with E-state index < -0.39 is 5.97 Å². The Labute approximate surface area is 118 Å². The number of para-hydroxylation sites is 1. The number of ether oxygens (including phenoxy) is 2. The summed E-state index contributed by atoms with van der Waals surface area (Å²) in [4.78, 5) is 11.1. The minimum absolute atomic E-state index is 0.167. The van der Waals surface area contributed by atoms with Crippen LogP contribution in [0.4, 0.5) is 0 Å². The zero-order chi connectivity index (χ0) is 14.2. The third-order valence-electron chi connectivity index (χ3n) is 4.27. The molecule has 0 unspecified atom stereocenters. The quantitative estimate of drug-likeness (QED) is 0.831. The number of methoxy groups -OCH3 is 1. The van der Waals surface area contributed by atoms with E-state index in [1.165, 1.54) is 12.8 Å². The highest BCUT2D eigenvalue weighted by molar-refractivity contribution is 5.71. The molecule has 1 aromatic rings. The van der Waals surface area contributed by atoms with E-state index in [-0.39, 0.29) is 11.8 Å². The number of carboxylic acids is 1. The molecule has 20 heavy (non-hydrogen) atoms. The van der Waals surface area contributed by atoms with Crippen LogP contribution in [-0.4, -0.2) is 24.8 Å². The Morgan fingerprint density at radius 1 is 1.40 bits per heavy atom. The third kappa shape index (κ3) is 2.60. The molecule has 3 rings (SSSR count). The lowest BCUT2D eigenvalue weighted by atomic mass is 9.91. The standard InChI is InChI=1S/C16H20O4/c1-19-13-4-2-3-12(15(13)20-10-11-5-6-11)16(7-8-16)9-14(17)18/h2-4,11H,5-10H2,1H3,(H,17,18). The van der Waals surface area contributed by atoms with Crippen LogP contribution in [0.1, 0.15) is 37.7 Å². The van der Waals surface area contributed by atoms with Crippen LogP contribution in [0.3, 0.4) is 0 Å². The second kappa shape index (κ2) is 5.00. The van der Waals surface area contributed by atoms with Crippen LogP contribution in [0.15, 0.2) is 18.2 Å². The van der Waals surface area contributed by atoms with Gasteiger partial charge in [0.05, 0.1) is 20.1 Å². The monoisotopic (exact) mass is 276 g/mol. The van der Waals surface area contributed by atoms with Crippen LogP contribution in [0.5, 0.6) is 11.5 Å². The molecule has 0 amide bonds. The maximum Gasteiger partial charge on any atom is 0.304 e. The van der Waals surface area contributed by atoms with Crippen molar-refractivity contribution < 1.29 is 19.4 Å². The molecule has 2 aliphatic carbocycles. The fourth-order valence-electron chi connectivity index (χ4n) is 2.71. The van der Waals surface area contributed by atoms with E-state index in [2.05, 4.69) is 0 Å². The normalized spacial score (nSPS) is 19.4. The Hall–Kier alpha value is -1.71. The Bertz CT molecular complexity index is 515. The minimum atomic E-state index is -0.751. The summed E-state index contributed by atoms with van der Waals surface area (Å²) in [5.41, 5.74) is 0.749. The molecule has 0 spiro atoms. The van der Waals surface area contributed by atoms with Crippen molar-refractivity contribution in [2.24, 2.45) is 5.92 Å². The minimum Gasteiger partial charge on any atom is -0.493 e. The highest BCUT2D eigenvalue weighted by Gasteiger charge is 2.48. The van der Waals surface area contributed by atoms with E-state index in [4.69, 9.17) is 14.6 Å². The summed E-state index contributed by atoms with van der Waals surface area (Å²) in [6, 6.07) is 5.78. The lowest BCUT2D eigenvalue weighted by Gasteiger charge is -2.20. The molecule has 0 radical (unpaired) electrons. The highest BCUT2D eigenvalue weighted by atomic mass is 16.5. The van der Waals surface area contributed by atoms with Crippen molar-refractivity contribution in [2.75, 3.05) is 13.7 Å². The van der Waals surface area contributed by atoms with Crippen molar-refractivity contribution in [1.82, 2.24) is 0 Å². The molecule has 108 valence electrons. The number of benzene rings is 1. The Morgan fingerprint density at radius 3 is 2.70 bits per heavy atom. The Morgan fingerprint density at radius 2 is 2.15 bits per heavy atom.